The Hall–Kier alpha value is -1.79. The summed E-state index contributed by atoms with van der Waals surface area (Å²) >= 11 is 0. The highest BCUT2D eigenvalue weighted by Gasteiger charge is 2.28. The molecule has 0 bridgehead atoms. The summed E-state index contributed by atoms with van der Waals surface area (Å²) in [6.07, 6.45) is 1.03. The van der Waals surface area contributed by atoms with Gasteiger partial charge in [-0.25, -0.2) is 9.59 Å². The van der Waals surface area contributed by atoms with E-state index in [0.717, 1.165) is 0 Å². The number of hydrogen-bond acceptors (Lipinski definition) is 3. The summed E-state index contributed by atoms with van der Waals surface area (Å²) in [6, 6.07) is -1.30. The van der Waals surface area contributed by atoms with Gasteiger partial charge in [-0.1, -0.05) is 6.92 Å². The molecular formula is C11H19N3O4. The SMILES string of the molecule is CC[C@H](NC(=O)N1CCC(NC(C)=O)C1)C(=O)O. The number of carbonyl (C=O) groups excluding carboxylic acids is 2. The first-order chi connectivity index (χ1) is 8.43. The van der Waals surface area contributed by atoms with Crippen molar-refractivity contribution >= 4 is 17.9 Å². The lowest BCUT2D eigenvalue weighted by Gasteiger charge is -2.20. The lowest BCUT2D eigenvalue weighted by molar-refractivity contribution is -0.139. The predicted octanol–water partition coefficient (Wildman–Crippen LogP) is -0.230. The zero-order chi connectivity index (χ0) is 13.7. The average Bonchev–Trinajstić information content (AvgIpc) is 2.72. The zero-order valence-electron chi connectivity index (χ0n) is 10.6. The fraction of sp³-hybridized carbons (Fsp3) is 0.727. The standard InChI is InChI=1S/C11H19N3O4/c1-3-9(10(16)17)13-11(18)14-5-4-8(6-14)12-7(2)15/h8-9H,3-6H2,1-2H3,(H,12,15)(H,13,18)(H,16,17)/t8?,9-/m0/s1. The number of urea groups is 1. The normalized spacial score (nSPS) is 20.3. The molecule has 1 rings (SSSR count). The highest BCUT2D eigenvalue weighted by molar-refractivity contribution is 5.82. The minimum Gasteiger partial charge on any atom is -0.480 e. The Morgan fingerprint density at radius 3 is 2.61 bits per heavy atom. The van der Waals surface area contributed by atoms with E-state index >= 15 is 0 Å². The number of nitrogens with zero attached hydrogens (tertiary/aromatic N) is 1. The van der Waals surface area contributed by atoms with Crippen molar-refractivity contribution in [3.05, 3.63) is 0 Å². The van der Waals surface area contributed by atoms with Crippen LogP contribution in [0.1, 0.15) is 26.7 Å². The molecule has 1 fully saturated rings. The summed E-state index contributed by atoms with van der Waals surface area (Å²) in [5, 5.41) is 14.0. The quantitative estimate of drug-likeness (QED) is 0.647. The maximum atomic E-state index is 11.8. The molecule has 7 nitrogen and oxygen atoms in total. The second-order valence-corrected chi connectivity index (χ2v) is 4.38. The van der Waals surface area contributed by atoms with Gasteiger partial charge in [0.15, 0.2) is 0 Å². The van der Waals surface area contributed by atoms with Gasteiger partial charge in [0.05, 0.1) is 0 Å². The summed E-state index contributed by atoms with van der Waals surface area (Å²) in [4.78, 5) is 35.0. The molecule has 0 radical (unpaired) electrons. The molecule has 0 aliphatic carbocycles. The molecule has 0 saturated carbocycles. The summed E-state index contributed by atoms with van der Waals surface area (Å²) in [6.45, 7) is 4.07. The summed E-state index contributed by atoms with van der Waals surface area (Å²) < 4.78 is 0. The smallest absolute Gasteiger partial charge is 0.326 e. The average molecular weight is 257 g/mol. The van der Waals surface area contributed by atoms with Gasteiger partial charge in [0.1, 0.15) is 6.04 Å². The Balaban J connectivity index is 2.44. The summed E-state index contributed by atoms with van der Waals surface area (Å²) in [5.74, 6) is -1.16. The number of hydrogen-bond donors (Lipinski definition) is 3. The third-order valence-corrected chi connectivity index (χ3v) is 2.89. The van der Waals surface area contributed by atoms with E-state index in [2.05, 4.69) is 10.6 Å². The molecule has 2 atom stereocenters. The fourth-order valence-corrected chi connectivity index (χ4v) is 1.93. The van der Waals surface area contributed by atoms with Crippen LogP contribution in [0.5, 0.6) is 0 Å². The van der Waals surface area contributed by atoms with Crippen LogP contribution in [0.3, 0.4) is 0 Å². The van der Waals surface area contributed by atoms with Crippen molar-refractivity contribution in [2.45, 2.75) is 38.8 Å². The van der Waals surface area contributed by atoms with E-state index < -0.39 is 18.0 Å². The number of amides is 3. The van der Waals surface area contributed by atoms with Crippen molar-refractivity contribution in [3.63, 3.8) is 0 Å². The monoisotopic (exact) mass is 257 g/mol. The Kier molecular flexibility index (Phi) is 4.94. The number of nitrogens with one attached hydrogen (secondary N) is 2. The van der Waals surface area contributed by atoms with E-state index in [-0.39, 0.29) is 11.9 Å². The van der Waals surface area contributed by atoms with Crippen molar-refractivity contribution in [2.75, 3.05) is 13.1 Å². The Morgan fingerprint density at radius 2 is 2.11 bits per heavy atom. The lowest BCUT2D eigenvalue weighted by atomic mass is 10.2. The molecule has 0 aromatic rings. The fourth-order valence-electron chi connectivity index (χ4n) is 1.93. The van der Waals surface area contributed by atoms with E-state index in [1.807, 2.05) is 0 Å². The second-order valence-electron chi connectivity index (χ2n) is 4.38. The minimum atomic E-state index is -1.04. The Bertz CT molecular complexity index is 345. The van der Waals surface area contributed by atoms with Gasteiger partial charge in [-0.2, -0.15) is 0 Å². The third-order valence-electron chi connectivity index (χ3n) is 2.89. The molecule has 0 aromatic heterocycles. The van der Waals surface area contributed by atoms with Gasteiger partial charge in [0, 0.05) is 26.1 Å². The maximum absolute atomic E-state index is 11.8. The van der Waals surface area contributed by atoms with Crippen LogP contribution in [0.15, 0.2) is 0 Å². The van der Waals surface area contributed by atoms with Gasteiger partial charge in [0.2, 0.25) is 5.91 Å². The number of likely N-dealkylation sites (tertiary alicyclic amines) is 1. The van der Waals surface area contributed by atoms with Crippen molar-refractivity contribution in [1.29, 1.82) is 0 Å². The predicted molar refractivity (Wildman–Crippen MR) is 64.0 cm³/mol. The number of carbonyl (C=O) groups is 3. The molecule has 7 heteroatoms. The first kappa shape index (κ1) is 14.3. The topological polar surface area (TPSA) is 98.7 Å². The van der Waals surface area contributed by atoms with Crippen LogP contribution in [-0.4, -0.2) is 53.1 Å². The molecule has 1 saturated heterocycles. The van der Waals surface area contributed by atoms with Gasteiger partial charge < -0.3 is 20.6 Å². The summed E-state index contributed by atoms with van der Waals surface area (Å²) in [7, 11) is 0. The molecule has 1 aliphatic rings. The molecule has 1 aliphatic heterocycles. The van der Waals surface area contributed by atoms with Crippen LogP contribution in [0, 0.1) is 0 Å². The van der Waals surface area contributed by atoms with Crippen LogP contribution in [0.25, 0.3) is 0 Å². The van der Waals surface area contributed by atoms with Crippen molar-refractivity contribution in [3.8, 4) is 0 Å². The van der Waals surface area contributed by atoms with Gasteiger partial charge in [-0.15, -0.1) is 0 Å². The van der Waals surface area contributed by atoms with Gasteiger partial charge in [-0.05, 0) is 12.8 Å². The molecule has 0 spiro atoms. The lowest BCUT2D eigenvalue weighted by Crippen LogP contribution is -2.47. The first-order valence-corrected chi connectivity index (χ1v) is 5.99. The van der Waals surface area contributed by atoms with Crippen LogP contribution < -0.4 is 10.6 Å². The second kappa shape index (κ2) is 6.23. The highest BCUT2D eigenvalue weighted by atomic mass is 16.4. The molecule has 102 valence electrons. The molecule has 0 aromatic carbocycles. The maximum Gasteiger partial charge on any atom is 0.326 e. The number of carboxylic acids is 1. The molecule has 3 amide bonds. The highest BCUT2D eigenvalue weighted by Crippen LogP contribution is 2.09. The number of aliphatic carboxylic acids is 1. The van der Waals surface area contributed by atoms with Gasteiger partial charge in [-0.3, -0.25) is 4.79 Å². The Morgan fingerprint density at radius 1 is 1.44 bits per heavy atom. The van der Waals surface area contributed by atoms with Crippen LogP contribution in [-0.2, 0) is 9.59 Å². The van der Waals surface area contributed by atoms with Crippen LogP contribution in [0.4, 0.5) is 4.79 Å². The minimum absolute atomic E-state index is 0.0434. The van der Waals surface area contributed by atoms with Crippen LogP contribution >= 0.6 is 0 Å². The number of carboxylic acid groups (broad SMARTS) is 1. The van der Waals surface area contributed by atoms with Crippen molar-refractivity contribution < 1.29 is 19.5 Å². The molecule has 18 heavy (non-hydrogen) atoms. The molecule has 1 heterocycles. The Labute approximate surface area is 106 Å². The van der Waals surface area contributed by atoms with E-state index in [0.29, 0.717) is 25.9 Å². The van der Waals surface area contributed by atoms with Crippen LogP contribution in [0.2, 0.25) is 0 Å². The largest absolute Gasteiger partial charge is 0.480 e. The first-order valence-electron chi connectivity index (χ1n) is 5.99. The van der Waals surface area contributed by atoms with E-state index in [9.17, 15) is 14.4 Å². The molecule has 3 N–H and O–H groups in total. The number of rotatable bonds is 4. The van der Waals surface area contributed by atoms with Crippen molar-refractivity contribution in [1.82, 2.24) is 15.5 Å². The zero-order valence-corrected chi connectivity index (χ0v) is 10.6. The van der Waals surface area contributed by atoms with Gasteiger partial charge in [0.25, 0.3) is 0 Å². The van der Waals surface area contributed by atoms with Gasteiger partial charge >= 0.3 is 12.0 Å². The van der Waals surface area contributed by atoms with E-state index in [1.165, 1.54) is 11.8 Å². The van der Waals surface area contributed by atoms with Crippen molar-refractivity contribution in [2.24, 2.45) is 0 Å². The molecular weight excluding hydrogens is 238 g/mol. The summed E-state index contributed by atoms with van der Waals surface area (Å²) in [5.41, 5.74) is 0. The molecule has 1 unspecified atom stereocenters. The van der Waals surface area contributed by atoms with E-state index in [4.69, 9.17) is 5.11 Å². The van der Waals surface area contributed by atoms with E-state index in [1.54, 1.807) is 6.92 Å². The third kappa shape index (κ3) is 3.90.